The highest BCUT2D eigenvalue weighted by atomic mass is 16.8. The summed E-state index contributed by atoms with van der Waals surface area (Å²) in [5, 5.41) is 93.8. The Morgan fingerprint density at radius 1 is 0.722 bits per heavy atom. The molecule has 210 valence electrons. The molecule has 0 aliphatic carbocycles. The Balaban J connectivity index is 1.89. The number of hydrogen-bond acceptors (Lipinski definition) is 15. The number of rotatable bonds is 7. The lowest BCUT2D eigenvalue weighted by Crippen LogP contribution is -2.68. The lowest BCUT2D eigenvalue weighted by atomic mass is 9.95. The molecule has 1 unspecified atom stereocenters. The highest BCUT2D eigenvalue weighted by Crippen LogP contribution is 2.32. The monoisotopic (exact) mass is 529 g/mol. The molecule has 0 saturated carbocycles. The minimum absolute atomic E-state index is 0.632. The second-order valence-electron chi connectivity index (χ2n) is 9.05. The summed E-state index contributed by atoms with van der Waals surface area (Å²) in [5.74, 6) is -0.632. The van der Waals surface area contributed by atoms with Crippen molar-refractivity contribution in [2.45, 2.75) is 106 Å². The molecule has 1 amide bonds. The van der Waals surface area contributed by atoms with Gasteiger partial charge in [0.15, 0.2) is 18.9 Å². The highest BCUT2D eigenvalue weighted by Gasteiger charge is 2.53. The fourth-order valence-electron chi connectivity index (χ4n) is 4.38. The van der Waals surface area contributed by atoms with Gasteiger partial charge in [-0.15, -0.1) is 0 Å². The van der Waals surface area contributed by atoms with Gasteiger partial charge >= 0.3 is 0 Å². The fourth-order valence-corrected chi connectivity index (χ4v) is 4.38. The van der Waals surface area contributed by atoms with Crippen molar-refractivity contribution in [2.24, 2.45) is 0 Å². The summed E-state index contributed by atoms with van der Waals surface area (Å²) in [6.07, 6.45) is -22.2. The third-order valence-corrected chi connectivity index (χ3v) is 6.46. The van der Waals surface area contributed by atoms with Crippen molar-refractivity contribution >= 4 is 5.91 Å². The maximum atomic E-state index is 11.7. The van der Waals surface area contributed by atoms with Gasteiger partial charge in [0, 0.05) is 6.92 Å². The van der Waals surface area contributed by atoms with Gasteiger partial charge in [0.2, 0.25) is 5.91 Å². The van der Waals surface area contributed by atoms with E-state index >= 15 is 0 Å². The predicted molar refractivity (Wildman–Crippen MR) is 111 cm³/mol. The molecule has 16 nitrogen and oxygen atoms in total. The molecule has 0 radical (unpaired) electrons. The van der Waals surface area contributed by atoms with Crippen molar-refractivity contribution in [3.8, 4) is 0 Å². The van der Waals surface area contributed by atoms with Gasteiger partial charge in [-0.2, -0.15) is 0 Å². The van der Waals surface area contributed by atoms with Crippen molar-refractivity contribution < 1.29 is 74.4 Å². The summed E-state index contributed by atoms with van der Waals surface area (Å²) in [7, 11) is 0. The van der Waals surface area contributed by atoms with Crippen molar-refractivity contribution in [3.63, 3.8) is 0 Å². The molecular formula is C20H35NO15. The average molecular weight is 529 g/mol. The SMILES string of the molecule is CC(=O)N[C@H]1C(O)O[C@H](CO)[C@H](O)[C@@H]1O[C@H]1O[C@H](CO)[C@H](O)[C@H](O)[C@H]1O[C@@H]1O[C@@H](C)[C@@H](O)[C@@H](O)[C@@H]1O. The number of aliphatic hydroxyl groups excluding tert-OH is 9. The van der Waals surface area contributed by atoms with E-state index in [2.05, 4.69) is 5.32 Å². The summed E-state index contributed by atoms with van der Waals surface area (Å²) in [6, 6.07) is -1.39. The molecule has 3 rings (SSSR count). The summed E-state index contributed by atoms with van der Waals surface area (Å²) in [4.78, 5) is 11.7. The number of carbonyl (C=O) groups excluding carboxylic acids is 1. The van der Waals surface area contributed by atoms with Crippen molar-refractivity contribution in [3.05, 3.63) is 0 Å². The second-order valence-corrected chi connectivity index (χ2v) is 9.05. The third kappa shape index (κ3) is 5.97. The van der Waals surface area contributed by atoms with Gasteiger partial charge in [-0.25, -0.2) is 0 Å². The Morgan fingerprint density at radius 2 is 1.31 bits per heavy atom. The molecule has 36 heavy (non-hydrogen) atoms. The normalized spacial score (nSPS) is 50.0. The van der Waals surface area contributed by atoms with E-state index in [-0.39, 0.29) is 0 Å². The Bertz CT molecular complexity index is 731. The maximum absolute atomic E-state index is 11.7. The van der Waals surface area contributed by atoms with Crippen LogP contribution >= 0.6 is 0 Å². The Hall–Kier alpha value is -1.09. The minimum atomic E-state index is -1.83. The third-order valence-electron chi connectivity index (χ3n) is 6.46. The number of nitrogens with one attached hydrogen (secondary N) is 1. The summed E-state index contributed by atoms with van der Waals surface area (Å²) >= 11 is 0. The van der Waals surface area contributed by atoms with Crippen LogP contribution in [0.25, 0.3) is 0 Å². The zero-order chi connectivity index (χ0) is 26.9. The number of amides is 1. The van der Waals surface area contributed by atoms with Crippen LogP contribution in [0.3, 0.4) is 0 Å². The van der Waals surface area contributed by atoms with E-state index in [4.69, 9.17) is 23.7 Å². The van der Waals surface area contributed by atoms with Crippen molar-refractivity contribution in [2.75, 3.05) is 13.2 Å². The van der Waals surface area contributed by atoms with Crippen LogP contribution in [0.5, 0.6) is 0 Å². The van der Waals surface area contributed by atoms with Crippen LogP contribution in [-0.2, 0) is 28.5 Å². The molecule has 15 atom stereocenters. The van der Waals surface area contributed by atoms with Gasteiger partial charge in [-0.05, 0) is 6.92 Å². The lowest BCUT2D eigenvalue weighted by Gasteiger charge is -2.48. The van der Waals surface area contributed by atoms with Crippen LogP contribution in [0, 0.1) is 0 Å². The summed E-state index contributed by atoms with van der Waals surface area (Å²) < 4.78 is 27.4. The molecule has 0 bridgehead atoms. The van der Waals surface area contributed by atoms with E-state index in [0.29, 0.717) is 0 Å². The highest BCUT2D eigenvalue weighted by molar-refractivity contribution is 5.73. The van der Waals surface area contributed by atoms with Crippen LogP contribution < -0.4 is 5.32 Å². The van der Waals surface area contributed by atoms with Crippen LogP contribution in [0.4, 0.5) is 0 Å². The van der Waals surface area contributed by atoms with Gasteiger partial charge in [0.05, 0.1) is 19.3 Å². The van der Waals surface area contributed by atoms with E-state index < -0.39 is 111 Å². The molecule has 0 aromatic heterocycles. The molecule has 10 N–H and O–H groups in total. The molecule has 3 heterocycles. The topological polar surface area (TPSA) is 257 Å². The van der Waals surface area contributed by atoms with Gasteiger partial charge in [-0.3, -0.25) is 4.79 Å². The first-order valence-electron chi connectivity index (χ1n) is 11.4. The molecule has 0 aromatic rings. The number of carbonyl (C=O) groups is 1. The van der Waals surface area contributed by atoms with E-state index in [0.717, 1.165) is 6.92 Å². The largest absolute Gasteiger partial charge is 0.394 e. The molecule has 0 aromatic carbocycles. The molecule has 3 saturated heterocycles. The molecule has 3 aliphatic heterocycles. The maximum Gasteiger partial charge on any atom is 0.217 e. The Labute approximate surface area is 205 Å². The van der Waals surface area contributed by atoms with Crippen LogP contribution in [0.15, 0.2) is 0 Å². The fraction of sp³-hybridized carbons (Fsp3) is 0.950. The summed E-state index contributed by atoms with van der Waals surface area (Å²) in [6.45, 7) is 1.00. The van der Waals surface area contributed by atoms with Crippen molar-refractivity contribution in [1.82, 2.24) is 5.32 Å². The van der Waals surface area contributed by atoms with E-state index in [1.807, 2.05) is 0 Å². The zero-order valence-electron chi connectivity index (χ0n) is 19.5. The second kappa shape index (κ2) is 12.2. The quantitative estimate of drug-likeness (QED) is 0.147. The smallest absolute Gasteiger partial charge is 0.217 e. The number of aliphatic hydroxyl groups is 9. The number of ether oxygens (including phenoxy) is 5. The van der Waals surface area contributed by atoms with Gasteiger partial charge in [0.1, 0.15) is 67.1 Å². The van der Waals surface area contributed by atoms with E-state index in [9.17, 15) is 50.8 Å². The van der Waals surface area contributed by atoms with Gasteiger partial charge in [-0.1, -0.05) is 0 Å². The van der Waals surface area contributed by atoms with E-state index in [1.54, 1.807) is 0 Å². The summed E-state index contributed by atoms with van der Waals surface area (Å²) in [5.41, 5.74) is 0. The predicted octanol–water partition coefficient (Wildman–Crippen LogP) is -6.40. The van der Waals surface area contributed by atoms with Crippen LogP contribution in [-0.4, -0.2) is 157 Å². The standard InChI is InChI=1S/C20H35NO15/c1-5-10(25)13(28)15(30)19(32-5)36-17-14(29)11(26)7(3-22)34-20(17)35-16-9(21-6(2)24)18(31)33-8(4-23)12(16)27/h5,7-20,22-23,25-31H,3-4H2,1-2H3,(H,21,24)/t5-,7+,8+,9+,10+,11-,12-,13+,14-,15-,16+,17+,18?,19-,20+/m0/s1. The molecule has 3 fully saturated rings. The zero-order valence-corrected chi connectivity index (χ0v) is 19.5. The molecule has 0 spiro atoms. The molecule has 16 heteroatoms. The van der Waals surface area contributed by atoms with Crippen molar-refractivity contribution in [1.29, 1.82) is 0 Å². The van der Waals surface area contributed by atoms with Gasteiger partial charge < -0.3 is 75.0 Å². The minimum Gasteiger partial charge on any atom is -0.394 e. The Kier molecular flexibility index (Phi) is 9.97. The average Bonchev–Trinajstić information content (AvgIpc) is 2.83. The Morgan fingerprint density at radius 3 is 1.89 bits per heavy atom. The molecule has 3 aliphatic rings. The first kappa shape index (κ1) is 29.5. The molecular weight excluding hydrogens is 494 g/mol. The first-order valence-corrected chi connectivity index (χ1v) is 11.4. The van der Waals surface area contributed by atoms with Gasteiger partial charge in [0.25, 0.3) is 0 Å². The first-order chi connectivity index (χ1) is 16.9. The van der Waals surface area contributed by atoms with Crippen LogP contribution in [0.2, 0.25) is 0 Å². The number of hydrogen-bond donors (Lipinski definition) is 10. The lowest BCUT2D eigenvalue weighted by molar-refractivity contribution is -0.380. The van der Waals surface area contributed by atoms with E-state index in [1.165, 1.54) is 6.92 Å². The van der Waals surface area contributed by atoms with Crippen LogP contribution in [0.1, 0.15) is 13.8 Å².